The summed E-state index contributed by atoms with van der Waals surface area (Å²) in [5.41, 5.74) is -1.06. The van der Waals surface area contributed by atoms with Gasteiger partial charge in [-0.25, -0.2) is 9.78 Å². The van der Waals surface area contributed by atoms with Crippen LogP contribution in [-0.2, 0) is 16.1 Å². The van der Waals surface area contributed by atoms with Gasteiger partial charge >= 0.3 is 5.69 Å². The second-order valence-corrected chi connectivity index (χ2v) is 7.51. The summed E-state index contributed by atoms with van der Waals surface area (Å²) in [6.07, 6.45) is 11.3. The number of H-pyrrole nitrogens is 1. The summed E-state index contributed by atoms with van der Waals surface area (Å²) >= 11 is 0. The maximum Gasteiger partial charge on any atom is 0.328 e. The molecule has 0 radical (unpaired) electrons. The van der Waals surface area contributed by atoms with Crippen LogP contribution in [0.2, 0.25) is 0 Å². The van der Waals surface area contributed by atoms with Crippen molar-refractivity contribution >= 4 is 23.5 Å². The van der Waals surface area contributed by atoms with Gasteiger partial charge in [0.25, 0.3) is 5.56 Å². The van der Waals surface area contributed by atoms with Gasteiger partial charge in [0.05, 0.1) is 0 Å². The largest absolute Gasteiger partial charge is 0.328 e. The number of rotatable bonds is 14. The Hall–Kier alpha value is -3.49. The van der Waals surface area contributed by atoms with E-state index in [1.165, 1.54) is 36.1 Å². The van der Waals surface area contributed by atoms with E-state index >= 15 is 0 Å². The minimum atomic E-state index is -0.569. The Labute approximate surface area is 187 Å². The Kier molecular flexibility index (Phi) is 10.6. The van der Waals surface area contributed by atoms with Crippen molar-refractivity contribution in [1.29, 1.82) is 0 Å². The molecule has 0 unspecified atom stereocenters. The van der Waals surface area contributed by atoms with Crippen molar-refractivity contribution in [2.75, 3.05) is 10.6 Å². The van der Waals surface area contributed by atoms with Gasteiger partial charge in [-0.2, -0.15) is 0 Å². The molecule has 9 heteroatoms. The van der Waals surface area contributed by atoms with Gasteiger partial charge in [-0.3, -0.25) is 19.4 Å². The maximum absolute atomic E-state index is 12.2. The van der Waals surface area contributed by atoms with Crippen molar-refractivity contribution < 1.29 is 9.59 Å². The van der Waals surface area contributed by atoms with Gasteiger partial charge < -0.3 is 15.2 Å². The van der Waals surface area contributed by atoms with Crippen molar-refractivity contribution in [2.24, 2.45) is 0 Å². The summed E-state index contributed by atoms with van der Waals surface area (Å²) in [7, 11) is 0. The minimum Gasteiger partial charge on any atom is -0.311 e. The van der Waals surface area contributed by atoms with Crippen LogP contribution in [0, 0.1) is 0 Å². The summed E-state index contributed by atoms with van der Waals surface area (Å²) in [5, 5.41) is 5.40. The fourth-order valence-corrected chi connectivity index (χ4v) is 3.11. The molecular formula is C23H31N5O4. The topological polar surface area (TPSA) is 126 Å². The van der Waals surface area contributed by atoms with Gasteiger partial charge in [0.2, 0.25) is 11.8 Å². The Morgan fingerprint density at radius 1 is 0.938 bits per heavy atom. The number of anilines is 2. The van der Waals surface area contributed by atoms with E-state index in [0.717, 1.165) is 25.7 Å². The van der Waals surface area contributed by atoms with Crippen molar-refractivity contribution in [3.8, 4) is 0 Å². The van der Waals surface area contributed by atoms with Crippen LogP contribution in [0.15, 0.2) is 52.7 Å². The number of aryl methyl sites for hydroxylation is 1. The first kappa shape index (κ1) is 24.8. The van der Waals surface area contributed by atoms with Crippen LogP contribution in [0.3, 0.4) is 0 Å². The standard InChI is InChI=1S/C23H31N5O4/c1-2-3-4-5-6-7-8-9-13-20(29)25-18-11-10-12-19(24-18)26-21(30)14-16-28-17-15-22(31)27-23(28)32/h2,10-12,15,17H,1,3-9,13-14,16H2,(H,27,31,32)(H2,24,25,26,29,30). The number of pyridine rings is 1. The van der Waals surface area contributed by atoms with E-state index < -0.39 is 11.2 Å². The number of nitrogens with one attached hydrogen (secondary N) is 3. The SMILES string of the molecule is C=CCCCCCCCCC(=O)Nc1cccc(NC(=O)CCn2ccc(=O)[nH]c2=O)n1. The molecule has 32 heavy (non-hydrogen) atoms. The number of carbonyl (C=O) groups excluding carboxylic acids is 2. The van der Waals surface area contributed by atoms with E-state index in [2.05, 4.69) is 27.2 Å². The van der Waals surface area contributed by atoms with Crippen LogP contribution in [0.25, 0.3) is 0 Å². The number of aromatic amines is 1. The first-order valence-electron chi connectivity index (χ1n) is 11.0. The second-order valence-electron chi connectivity index (χ2n) is 7.51. The molecule has 0 aliphatic heterocycles. The third-order valence-corrected chi connectivity index (χ3v) is 4.82. The van der Waals surface area contributed by atoms with E-state index in [9.17, 15) is 19.2 Å². The number of nitrogens with zero attached hydrogens (tertiary/aromatic N) is 2. The fourth-order valence-electron chi connectivity index (χ4n) is 3.11. The minimum absolute atomic E-state index is 0.0256. The summed E-state index contributed by atoms with van der Waals surface area (Å²) in [6, 6.07) is 6.18. The normalized spacial score (nSPS) is 10.5. The van der Waals surface area contributed by atoms with Crippen molar-refractivity contribution in [3.05, 3.63) is 64.0 Å². The Morgan fingerprint density at radius 3 is 2.22 bits per heavy atom. The smallest absolute Gasteiger partial charge is 0.311 e. The zero-order chi connectivity index (χ0) is 23.2. The highest BCUT2D eigenvalue weighted by Gasteiger charge is 2.08. The van der Waals surface area contributed by atoms with Gasteiger partial charge in [0.1, 0.15) is 11.6 Å². The van der Waals surface area contributed by atoms with Gasteiger partial charge in [-0.1, -0.05) is 37.8 Å². The number of allylic oxidation sites excluding steroid dienone is 1. The van der Waals surface area contributed by atoms with Crippen LogP contribution in [0.5, 0.6) is 0 Å². The molecule has 0 atom stereocenters. The summed E-state index contributed by atoms with van der Waals surface area (Å²) in [4.78, 5) is 53.4. The molecule has 2 amide bonds. The monoisotopic (exact) mass is 441 g/mol. The van der Waals surface area contributed by atoms with Crippen LogP contribution in [-0.4, -0.2) is 26.3 Å². The van der Waals surface area contributed by atoms with Crippen molar-refractivity contribution in [1.82, 2.24) is 14.5 Å². The highest BCUT2D eigenvalue weighted by atomic mass is 16.2. The average Bonchev–Trinajstić information content (AvgIpc) is 2.75. The number of carbonyl (C=O) groups is 2. The van der Waals surface area contributed by atoms with Crippen LogP contribution < -0.4 is 21.9 Å². The van der Waals surface area contributed by atoms with E-state index in [-0.39, 0.29) is 24.8 Å². The summed E-state index contributed by atoms with van der Waals surface area (Å²) in [6.45, 7) is 3.83. The maximum atomic E-state index is 12.2. The number of amides is 2. The molecule has 2 aromatic rings. The Balaban J connectivity index is 1.71. The lowest BCUT2D eigenvalue weighted by Gasteiger charge is -2.08. The molecule has 0 saturated heterocycles. The lowest BCUT2D eigenvalue weighted by Crippen LogP contribution is -2.29. The molecule has 3 N–H and O–H groups in total. The molecule has 172 valence electrons. The molecule has 0 spiro atoms. The summed E-state index contributed by atoms with van der Waals surface area (Å²) < 4.78 is 1.24. The molecule has 9 nitrogen and oxygen atoms in total. The predicted molar refractivity (Wildman–Crippen MR) is 125 cm³/mol. The summed E-state index contributed by atoms with van der Waals surface area (Å²) in [5.74, 6) is 0.229. The predicted octanol–water partition coefficient (Wildman–Crippen LogP) is 3.21. The molecular weight excluding hydrogens is 410 g/mol. The van der Waals surface area contributed by atoms with Gasteiger partial charge in [-0.15, -0.1) is 6.58 Å². The molecule has 0 aliphatic rings. The van der Waals surface area contributed by atoms with Crippen molar-refractivity contribution in [3.63, 3.8) is 0 Å². The van der Waals surface area contributed by atoms with Crippen molar-refractivity contribution in [2.45, 2.75) is 64.3 Å². The highest BCUT2D eigenvalue weighted by molar-refractivity contribution is 5.91. The van der Waals surface area contributed by atoms with E-state index in [1.54, 1.807) is 18.2 Å². The number of hydrogen-bond acceptors (Lipinski definition) is 5. The first-order valence-corrected chi connectivity index (χ1v) is 11.0. The molecule has 0 aliphatic carbocycles. The Morgan fingerprint density at radius 2 is 1.56 bits per heavy atom. The quantitative estimate of drug-likeness (QED) is 0.307. The van der Waals surface area contributed by atoms with Crippen LogP contribution in [0.1, 0.15) is 57.8 Å². The number of unbranched alkanes of at least 4 members (excludes halogenated alkanes) is 6. The molecule has 2 rings (SSSR count). The number of aromatic nitrogens is 3. The second kappa shape index (κ2) is 13.7. The van der Waals surface area contributed by atoms with E-state index in [1.807, 2.05) is 6.08 Å². The fraction of sp³-hybridized carbons (Fsp3) is 0.435. The molecule has 0 saturated carbocycles. The van der Waals surface area contributed by atoms with Gasteiger partial charge in [0, 0.05) is 31.6 Å². The molecule has 0 aromatic carbocycles. The zero-order valence-electron chi connectivity index (χ0n) is 18.3. The lowest BCUT2D eigenvalue weighted by molar-refractivity contribution is -0.117. The molecule has 0 fully saturated rings. The Bertz CT molecular complexity index is 1010. The van der Waals surface area contributed by atoms with Crippen LogP contribution >= 0.6 is 0 Å². The van der Waals surface area contributed by atoms with Gasteiger partial charge in [0.15, 0.2) is 0 Å². The highest BCUT2D eigenvalue weighted by Crippen LogP contribution is 2.12. The molecule has 2 heterocycles. The third-order valence-electron chi connectivity index (χ3n) is 4.82. The average molecular weight is 442 g/mol. The molecule has 2 aromatic heterocycles. The van der Waals surface area contributed by atoms with Crippen LogP contribution in [0.4, 0.5) is 11.6 Å². The zero-order valence-corrected chi connectivity index (χ0v) is 18.3. The van der Waals surface area contributed by atoms with Gasteiger partial charge in [-0.05, 0) is 31.4 Å². The third kappa shape index (κ3) is 9.55. The molecule has 0 bridgehead atoms. The van der Waals surface area contributed by atoms with E-state index in [4.69, 9.17) is 0 Å². The lowest BCUT2D eigenvalue weighted by atomic mass is 10.1. The van der Waals surface area contributed by atoms with E-state index in [0.29, 0.717) is 18.1 Å². The first-order chi connectivity index (χ1) is 15.5. The number of hydrogen-bond donors (Lipinski definition) is 3.